The molecule has 1 fully saturated rings. The zero-order valence-corrected chi connectivity index (χ0v) is 12.5. The number of nitrogens with zero attached hydrogens (tertiary/aromatic N) is 1. The second-order valence-electron chi connectivity index (χ2n) is 5.64. The van der Waals surface area contributed by atoms with Crippen molar-refractivity contribution in [3.63, 3.8) is 0 Å². The Hall–Kier alpha value is -1.36. The van der Waals surface area contributed by atoms with Crippen LogP contribution in [-0.4, -0.2) is 47.6 Å². The van der Waals surface area contributed by atoms with Gasteiger partial charge in [0.1, 0.15) is 0 Å². The van der Waals surface area contributed by atoms with Gasteiger partial charge in [0.15, 0.2) is 0 Å². The van der Waals surface area contributed by atoms with E-state index in [-0.39, 0.29) is 24.4 Å². The van der Waals surface area contributed by atoms with E-state index in [1.165, 1.54) is 0 Å². The summed E-state index contributed by atoms with van der Waals surface area (Å²) >= 11 is 0. The first-order valence-corrected chi connectivity index (χ1v) is 7.32. The van der Waals surface area contributed by atoms with E-state index in [1.807, 2.05) is 13.8 Å². The minimum absolute atomic E-state index is 0.0490. The Kier molecular flexibility index (Phi) is 6.71. The summed E-state index contributed by atoms with van der Waals surface area (Å²) in [5, 5.41) is 12.3. The molecule has 2 unspecified atom stereocenters. The summed E-state index contributed by atoms with van der Waals surface area (Å²) in [5.41, 5.74) is 0.962. The van der Waals surface area contributed by atoms with Crippen molar-refractivity contribution in [1.29, 1.82) is 0 Å². The predicted molar refractivity (Wildman–Crippen MR) is 78.5 cm³/mol. The van der Waals surface area contributed by atoms with Crippen molar-refractivity contribution in [2.75, 3.05) is 19.6 Å². The van der Waals surface area contributed by atoms with Gasteiger partial charge in [0.05, 0.1) is 12.5 Å². The van der Waals surface area contributed by atoms with Crippen LogP contribution < -0.4 is 5.32 Å². The van der Waals surface area contributed by atoms with Crippen LogP contribution in [0, 0.1) is 5.92 Å². The van der Waals surface area contributed by atoms with Gasteiger partial charge in [-0.3, -0.25) is 9.59 Å². The van der Waals surface area contributed by atoms with Crippen LogP contribution >= 0.6 is 0 Å². The molecule has 0 aliphatic heterocycles. The first-order chi connectivity index (χ1) is 9.43. The third kappa shape index (κ3) is 5.33. The summed E-state index contributed by atoms with van der Waals surface area (Å²) in [7, 11) is 0. The van der Waals surface area contributed by atoms with Gasteiger partial charge in [-0.25, -0.2) is 0 Å². The van der Waals surface area contributed by atoms with Gasteiger partial charge in [0.2, 0.25) is 5.91 Å². The Labute approximate surface area is 121 Å². The van der Waals surface area contributed by atoms with Crippen LogP contribution in [0.5, 0.6) is 0 Å². The highest BCUT2D eigenvalue weighted by atomic mass is 16.4. The van der Waals surface area contributed by atoms with Crippen molar-refractivity contribution in [3.05, 3.63) is 12.2 Å². The fraction of sp³-hybridized carbons (Fsp3) is 0.733. The first-order valence-electron chi connectivity index (χ1n) is 7.32. The highest BCUT2D eigenvalue weighted by Crippen LogP contribution is 2.24. The molecule has 0 aromatic heterocycles. The van der Waals surface area contributed by atoms with Crippen molar-refractivity contribution in [1.82, 2.24) is 10.2 Å². The fourth-order valence-corrected chi connectivity index (χ4v) is 2.65. The van der Waals surface area contributed by atoms with E-state index in [1.54, 1.807) is 4.90 Å². The van der Waals surface area contributed by atoms with Crippen molar-refractivity contribution >= 4 is 11.9 Å². The maximum atomic E-state index is 12.1. The molecule has 2 N–H and O–H groups in total. The zero-order valence-electron chi connectivity index (χ0n) is 12.5. The van der Waals surface area contributed by atoms with E-state index in [2.05, 4.69) is 11.9 Å². The summed E-state index contributed by atoms with van der Waals surface area (Å²) in [6.07, 6.45) is 3.23. The van der Waals surface area contributed by atoms with Crippen molar-refractivity contribution in [2.45, 2.75) is 45.6 Å². The number of carboxylic acid groups (broad SMARTS) is 1. The second kappa shape index (κ2) is 8.04. The summed E-state index contributed by atoms with van der Waals surface area (Å²) < 4.78 is 0. The molecule has 1 aliphatic rings. The standard InChI is InChI=1S/C15H26N2O3/c1-4-17(10-11(2)3)14(18)9-16-13-7-5-6-12(8-13)15(19)20/h12-13,16H,2,4-10H2,1,3H3,(H,19,20). The lowest BCUT2D eigenvalue weighted by Crippen LogP contribution is -2.44. The third-order valence-electron chi connectivity index (χ3n) is 3.76. The fourth-order valence-electron chi connectivity index (χ4n) is 2.65. The highest BCUT2D eigenvalue weighted by Gasteiger charge is 2.27. The van der Waals surface area contributed by atoms with Gasteiger partial charge in [-0.2, -0.15) is 0 Å². The van der Waals surface area contributed by atoms with Crippen LogP contribution in [0.4, 0.5) is 0 Å². The van der Waals surface area contributed by atoms with E-state index < -0.39 is 5.97 Å². The molecule has 1 saturated carbocycles. The van der Waals surface area contributed by atoms with Gasteiger partial charge in [-0.1, -0.05) is 18.6 Å². The monoisotopic (exact) mass is 282 g/mol. The number of carbonyl (C=O) groups excluding carboxylic acids is 1. The van der Waals surface area contributed by atoms with Crippen molar-refractivity contribution < 1.29 is 14.7 Å². The molecule has 0 bridgehead atoms. The Morgan fingerprint density at radius 1 is 1.40 bits per heavy atom. The van der Waals surface area contributed by atoms with Gasteiger partial charge < -0.3 is 15.3 Å². The topological polar surface area (TPSA) is 69.6 Å². The lowest BCUT2D eigenvalue weighted by atomic mass is 9.86. The summed E-state index contributed by atoms with van der Waals surface area (Å²) in [4.78, 5) is 24.8. The summed E-state index contributed by atoms with van der Waals surface area (Å²) in [6.45, 7) is 9.20. The highest BCUT2D eigenvalue weighted by molar-refractivity contribution is 5.78. The number of amides is 1. The van der Waals surface area contributed by atoms with Crippen molar-refractivity contribution in [3.8, 4) is 0 Å². The molecule has 2 atom stereocenters. The molecule has 0 spiro atoms. The SMILES string of the molecule is C=C(C)CN(CC)C(=O)CNC1CCCC(C(=O)O)C1. The first kappa shape index (κ1) is 16.7. The molecule has 20 heavy (non-hydrogen) atoms. The number of carbonyl (C=O) groups is 2. The zero-order chi connectivity index (χ0) is 15.1. The molecule has 0 heterocycles. The Morgan fingerprint density at radius 3 is 2.65 bits per heavy atom. The summed E-state index contributed by atoms with van der Waals surface area (Å²) in [6, 6.07) is 0.136. The van der Waals surface area contributed by atoms with Crippen LogP contribution in [0.15, 0.2) is 12.2 Å². The molecule has 0 radical (unpaired) electrons. The number of rotatable bonds is 7. The molecule has 5 heteroatoms. The maximum Gasteiger partial charge on any atom is 0.306 e. The van der Waals surface area contributed by atoms with Crippen LogP contribution in [-0.2, 0) is 9.59 Å². The molecule has 0 saturated heterocycles. The molecule has 5 nitrogen and oxygen atoms in total. The molecule has 0 aromatic carbocycles. The van der Waals surface area contributed by atoms with E-state index >= 15 is 0 Å². The van der Waals surface area contributed by atoms with Crippen LogP contribution in [0.1, 0.15) is 39.5 Å². The van der Waals surface area contributed by atoms with Crippen LogP contribution in [0.2, 0.25) is 0 Å². The number of carboxylic acids is 1. The average molecular weight is 282 g/mol. The molecule has 1 rings (SSSR count). The number of aliphatic carboxylic acids is 1. The number of hydrogen-bond donors (Lipinski definition) is 2. The van der Waals surface area contributed by atoms with Gasteiger partial charge in [-0.15, -0.1) is 0 Å². The number of hydrogen-bond acceptors (Lipinski definition) is 3. The number of nitrogens with one attached hydrogen (secondary N) is 1. The summed E-state index contributed by atoms with van der Waals surface area (Å²) in [5.74, 6) is -0.942. The molecule has 0 aromatic rings. The lowest BCUT2D eigenvalue weighted by Gasteiger charge is -2.28. The second-order valence-corrected chi connectivity index (χ2v) is 5.64. The third-order valence-corrected chi connectivity index (χ3v) is 3.76. The smallest absolute Gasteiger partial charge is 0.306 e. The minimum atomic E-state index is -0.722. The van der Waals surface area contributed by atoms with E-state index in [0.29, 0.717) is 19.5 Å². The van der Waals surface area contributed by atoms with Gasteiger partial charge >= 0.3 is 5.97 Å². The van der Waals surface area contributed by atoms with Gasteiger partial charge in [0.25, 0.3) is 0 Å². The van der Waals surface area contributed by atoms with E-state index in [9.17, 15) is 9.59 Å². The Balaban J connectivity index is 2.39. The predicted octanol–water partition coefficient (Wildman–Crippen LogP) is 1.64. The van der Waals surface area contributed by atoms with Crippen molar-refractivity contribution in [2.24, 2.45) is 5.92 Å². The normalized spacial score (nSPS) is 22.3. The van der Waals surface area contributed by atoms with Crippen LogP contribution in [0.25, 0.3) is 0 Å². The quantitative estimate of drug-likeness (QED) is 0.697. The average Bonchev–Trinajstić information content (AvgIpc) is 2.42. The van der Waals surface area contributed by atoms with E-state index in [4.69, 9.17) is 5.11 Å². The molecular formula is C15H26N2O3. The molecule has 114 valence electrons. The molecule has 1 aliphatic carbocycles. The largest absolute Gasteiger partial charge is 0.481 e. The van der Waals surface area contributed by atoms with Crippen LogP contribution in [0.3, 0.4) is 0 Å². The van der Waals surface area contributed by atoms with E-state index in [0.717, 1.165) is 24.8 Å². The lowest BCUT2D eigenvalue weighted by molar-refractivity contribution is -0.143. The maximum absolute atomic E-state index is 12.1. The van der Waals surface area contributed by atoms with Gasteiger partial charge in [0, 0.05) is 19.1 Å². The molecular weight excluding hydrogens is 256 g/mol. The van der Waals surface area contributed by atoms with Gasteiger partial charge in [-0.05, 0) is 33.1 Å². The minimum Gasteiger partial charge on any atom is -0.481 e. The number of likely N-dealkylation sites (N-methyl/N-ethyl adjacent to an activating group) is 1. The Bertz CT molecular complexity index is 368. The molecule has 1 amide bonds. The Morgan fingerprint density at radius 2 is 2.10 bits per heavy atom.